The number of amides is 1. The van der Waals surface area contributed by atoms with Gasteiger partial charge in [-0.2, -0.15) is 4.98 Å². The molecule has 1 fully saturated rings. The maximum atomic E-state index is 13.4. The molecule has 1 aromatic carbocycles. The molecule has 1 N–H and O–H groups in total. The molecule has 10 heteroatoms. The van der Waals surface area contributed by atoms with Gasteiger partial charge in [0.2, 0.25) is 11.8 Å². The zero-order chi connectivity index (χ0) is 22.8. The number of piperazine rings is 1. The maximum Gasteiger partial charge on any atom is 0.586 e. The third kappa shape index (κ3) is 4.95. The van der Waals surface area contributed by atoms with Gasteiger partial charge in [0, 0.05) is 38.7 Å². The monoisotopic (exact) mass is 460 g/mol. The first-order valence-corrected chi connectivity index (χ1v) is 11.3. The van der Waals surface area contributed by atoms with Gasteiger partial charge in [-0.3, -0.25) is 9.69 Å². The van der Waals surface area contributed by atoms with E-state index in [4.69, 9.17) is 9.47 Å². The van der Waals surface area contributed by atoms with Crippen LogP contribution in [0.25, 0.3) is 0 Å². The van der Waals surface area contributed by atoms with Gasteiger partial charge < -0.3 is 24.4 Å². The fourth-order valence-corrected chi connectivity index (χ4v) is 4.33. The summed E-state index contributed by atoms with van der Waals surface area (Å²) < 4.78 is 41.9. The van der Waals surface area contributed by atoms with Gasteiger partial charge in [0.05, 0.1) is 12.3 Å². The van der Waals surface area contributed by atoms with Crippen LogP contribution in [0.4, 0.5) is 20.3 Å². The number of pyridine rings is 1. The molecule has 33 heavy (non-hydrogen) atoms. The lowest BCUT2D eigenvalue weighted by molar-refractivity contribution is -0.286. The van der Waals surface area contributed by atoms with Crippen LogP contribution in [0.5, 0.6) is 17.4 Å². The number of halogens is 2. The summed E-state index contributed by atoms with van der Waals surface area (Å²) in [6, 6.07) is 8.79. The largest absolute Gasteiger partial charge is 0.586 e. The number of fused-ring (bicyclic) bond motifs is 2. The number of benzene rings is 1. The molecule has 2 aromatic rings. The molecule has 0 bridgehead atoms. The van der Waals surface area contributed by atoms with Crippen LogP contribution in [0.15, 0.2) is 30.3 Å². The normalized spacial score (nSPS) is 19.2. The van der Waals surface area contributed by atoms with E-state index in [0.717, 1.165) is 51.1 Å². The molecule has 0 unspecified atom stereocenters. The van der Waals surface area contributed by atoms with Crippen molar-refractivity contribution in [2.75, 3.05) is 49.5 Å². The first-order valence-electron chi connectivity index (χ1n) is 11.3. The fraction of sp³-hybridized carbons (Fsp3) is 0.478. The van der Waals surface area contributed by atoms with E-state index in [1.165, 1.54) is 6.07 Å². The number of rotatable bonds is 7. The Morgan fingerprint density at radius 3 is 2.76 bits per heavy atom. The molecule has 0 atom stereocenters. The molecule has 1 amide bonds. The van der Waals surface area contributed by atoms with Crippen LogP contribution in [0.1, 0.15) is 24.8 Å². The molecule has 5 rings (SSSR count). The number of hydrogen-bond acceptors (Lipinski definition) is 7. The van der Waals surface area contributed by atoms with Crippen molar-refractivity contribution < 1.29 is 27.8 Å². The Balaban J connectivity index is 1.04. The molecule has 176 valence electrons. The number of nitrogens with one attached hydrogen (secondary N) is 1. The quantitative estimate of drug-likeness (QED) is 0.636. The van der Waals surface area contributed by atoms with Crippen LogP contribution in [0.3, 0.4) is 0 Å². The van der Waals surface area contributed by atoms with Gasteiger partial charge in [-0.25, -0.2) is 0 Å². The molecular formula is C23H26F2N4O4. The van der Waals surface area contributed by atoms with E-state index in [9.17, 15) is 13.6 Å². The van der Waals surface area contributed by atoms with Gasteiger partial charge >= 0.3 is 6.29 Å². The third-order valence-corrected chi connectivity index (χ3v) is 6.07. The second-order valence-corrected chi connectivity index (χ2v) is 8.36. The maximum absolute atomic E-state index is 13.4. The van der Waals surface area contributed by atoms with Crippen molar-refractivity contribution in [3.63, 3.8) is 0 Å². The summed E-state index contributed by atoms with van der Waals surface area (Å²) in [5.74, 6) is 1.31. The number of ether oxygens (including phenoxy) is 3. The Morgan fingerprint density at radius 1 is 1.06 bits per heavy atom. The van der Waals surface area contributed by atoms with Crippen LogP contribution < -0.4 is 24.4 Å². The first-order chi connectivity index (χ1) is 16.0. The zero-order valence-electron chi connectivity index (χ0n) is 18.2. The summed E-state index contributed by atoms with van der Waals surface area (Å²) in [6.07, 6.45) is -0.537. The molecule has 0 spiro atoms. The number of hydrogen-bond donors (Lipinski definition) is 1. The third-order valence-electron chi connectivity index (χ3n) is 6.07. The minimum atomic E-state index is -3.61. The van der Waals surface area contributed by atoms with E-state index in [-0.39, 0.29) is 17.4 Å². The van der Waals surface area contributed by atoms with E-state index >= 15 is 0 Å². The lowest BCUT2D eigenvalue weighted by Gasteiger charge is -2.36. The summed E-state index contributed by atoms with van der Waals surface area (Å²) in [6.45, 7) is 4.64. The molecular weight excluding hydrogens is 434 g/mol. The van der Waals surface area contributed by atoms with Crippen molar-refractivity contribution in [1.82, 2.24) is 9.88 Å². The minimum Gasteiger partial charge on any atom is -0.478 e. The highest BCUT2D eigenvalue weighted by atomic mass is 19.3. The average Bonchev–Trinajstić information content (AvgIpc) is 3.13. The van der Waals surface area contributed by atoms with Gasteiger partial charge in [0.15, 0.2) is 11.5 Å². The molecule has 0 saturated carbocycles. The van der Waals surface area contributed by atoms with E-state index in [1.54, 1.807) is 12.1 Å². The van der Waals surface area contributed by atoms with Crippen molar-refractivity contribution in [3.8, 4) is 17.4 Å². The molecule has 3 aliphatic rings. The number of anilines is 2. The average molecular weight is 460 g/mol. The van der Waals surface area contributed by atoms with Gasteiger partial charge in [0.25, 0.3) is 0 Å². The lowest BCUT2D eigenvalue weighted by atomic mass is 10.1. The summed E-state index contributed by atoms with van der Waals surface area (Å²) in [5.41, 5.74) is 1.68. The SMILES string of the molecule is O=C1CCc2ccc(OCCCCN3CCN(c4cccc5c4OC(F)(F)O5)CC3)nc2N1. The summed E-state index contributed by atoms with van der Waals surface area (Å²) in [4.78, 5) is 20.3. The molecule has 0 radical (unpaired) electrons. The van der Waals surface area contributed by atoms with E-state index in [2.05, 4.69) is 24.8 Å². The smallest absolute Gasteiger partial charge is 0.478 e. The van der Waals surface area contributed by atoms with Gasteiger partial charge in [0.1, 0.15) is 5.82 Å². The molecule has 0 aliphatic carbocycles. The van der Waals surface area contributed by atoms with Crippen LogP contribution in [0, 0.1) is 0 Å². The number of unbranched alkanes of at least 4 members (excludes halogenated alkanes) is 1. The van der Waals surface area contributed by atoms with Crippen molar-refractivity contribution >= 4 is 17.4 Å². The van der Waals surface area contributed by atoms with Crippen LogP contribution >= 0.6 is 0 Å². The Labute approximate surface area is 190 Å². The minimum absolute atomic E-state index is 0.0114. The molecule has 3 aliphatic heterocycles. The second-order valence-electron chi connectivity index (χ2n) is 8.36. The van der Waals surface area contributed by atoms with Crippen molar-refractivity contribution in [2.45, 2.75) is 32.0 Å². The number of aryl methyl sites for hydroxylation is 1. The number of carbonyl (C=O) groups is 1. The Kier molecular flexibility index (Phi) is 5.92. The topological polar surface area (TPSA) is 76.2 Å². The standard InChI is InChI=1S/C23H26F2N4O4/c24-23(25)32-18-5-3-4-17(21(18)33-23)29-13-11-28(12-14-29)10-1-2-15-31-20-9-7-16-6-8-19(30)26-22(16)27-20/h3-5,7,9H,1-2,6,8,10-15H2,(H,26,27,30). The lowest BCUT2D eigenvalue weighted by Crippen LogP contribution is -2.46. The number of alkyl halides is 2. The Hall–Kier alpha value is -3.14. The number of nitrogens with zero attached hydrogens (tertiary/aromatic N) is 3. The summed E-state index contributed by atoms with van der Waals surface area (Å²) in [7, 11) is 0. The van der Waals surface area contributed by atoms with Gasteiger partial charge in [-0.1, -0.05) is 6.07 Å². The molecule has 8 nitrogen and oxygen atoms in total. The first kappa shape index (κ1) is 21.7. The van der Waals surface area contributed by atoms with Crippen molar-refractivity contribution in [2.24, 2.45) is 0 Å². The number of aromatic nitrogens is 1. The Bertz CT molecular complexity index is 1030. The molecule has 1 saturated heterocycles. The highest BCUT2D eigenvalue weighted by molar-refractivity contribution is 5.92. The predicted octanol–water partition coefficient (Wildman–Crippen LogP) is 3.27. The van der Waals surface area contributed by atoms with Crippen LogP contribution in [-0.4, -0.2) is 61.4 Å². The summed E-state index contributed by atoms with van der Waals surface area (Å²) >= 11 is 0. The van der Waals surface area contributed by atoms with E-state index in [0.29, 0.717) is 36.8 Å². The number of carbonyl (C=O) groups excluding carboxylic acids is 1. The van der Waals surface area contributed by atoms with E-state index < -0.39 is 6.29 Å². The summed E-state index contributed by atoms with van der Waals surface area (Å²) in [5, 5.41) is 2.79. The van der Waals surface area contributed by atoms with Gasteiger partial charge in [-0.05, 0) is 49.6 Å². The predicted molar refractivity (Wildman–Crippen MR) is 117 cm³/mol. The molecule has 4 heterocycles. The highest BCUT2D eigenvalue weighted by Gasteiger charge is 2.45. The van der Waals surface area contributed by atoms with Gasteiger partial charge in [-0.15, -0.1) is 8.78 Å². The van der Waals surface area contributed by atoms with Crippen LogP contribution in [-0.2, 0) is 11.2 Å². The van der Waals surface area contributed by atoms with Crippen molar-refractivity contribution in [3.05, 3.63) is 35.9 Å². The molecule has 1 aromatic heterocycles. The fourth-order valence-electron chi connectivity index (χ4n) is 4.33. The van der Waals surface area contributed by atoms with Crippen LogP contribution in [0.2, 0.25) is 0 Å². The van der Waals surface area contributed by atoms with Crippen molar-refractivity contribution in [1.29, 1.82) is 0 Å². The van der Waals surface area contributed by atoms with E-state index in [1.807, 2.05) is 12.1 Å². The highest BCUT2D eigenvalue weighted by Crippen LogP contribution is 2.47. The number of para-hydroxylation sites is 1. The second kappa shape index (κ2) is 9.01. The zero-order valence-corrected chi connectivity index (χ0v) is 18.2. The Morgan fingerprint density at radius 2 is 1.91 bits per heavy atom.